The van der Waals surface area contributed by atoms with Crippen molar-refractivity contribution in [3.63, 3.8) is 0 Å². The third-order valence-electron chi connectivity index (χ3n) is 28.3. The molecular formula is C94H115CoN19O21P. The van der Waals surface area contributed by atoms with E-state index in [2.05, 4.69) is 31.2 Å². The third kappa shape index (κ3) is 20.2. The quantitative estimate of drug-likeness (QED) is 0.00762. The van der Waals surface area contributed by atoms with Gasteiger partial charge in [-0.05, 0) is 174 Å². The Hall–Kier alpha value is -12.6. The van der Waals surface area contributed by atoms with Gasteiger partial charge in [-0.2, -0.15) is 5.70 Å². The number of benzene rings is 4. The number of aliphatic imine (C=N–C) groups is 3. The van der Waals surface area contributed by atoms with Gasteiger partial charge in [-0.3, -0.25) is 62.6 Å². The Balaban J connectivity index is 0.00000550. The number of allylic oxidation sites excluding steroid dienone is 6. The molecule has 40 nitrogen and oxygen atoms in total. The predicted molar refractivity (Wildman–Crippen MR) is 487 cm³/mol. The smallest absolute Gasteiger partial charge is 0.756 e. The minimum atomic E-state index is -5.54. The summed E-state index contributed by atoms with van der Waals surface area (Å²) < 4.78 is 52.9. The second-order valence-electron chi connectivity index (χ2n) is 37.7. The van der Waals surface area contributed by atoms with Crippen LogP contribution in [0.4, 0.5) is 4.79 Å². The van der Waals surface area contributed by atoms with E-state index in [9.17, 15) is 72.7 Å². The molecule has 15 atom stereocenters. The first-order valence-corrected chi connectivity index (χ1v) is 46.2. The molecule has 2 saturated heterocycles. The molecule has 42 heteroatoms. The number of primary amides is 6. The van der Waals surface area contributed by atoms with Gasteiger partial charge in [0.15, 0.2) is 11.8 Å². The molecule has 4 aromatic carbocycles. The number of phosphoric acid groups is 1. The molecule has 18 N–H and O–H groups in total. The average Bonchev–Trinajstić information content (AvgIpc) is 1.52. The molecule has 2 fully saturated rings. The molecule has 726 valence electrons. The molecule has 0 radical (unpaired) electrons. The number of nitrogens with two attached hydrogens (primary N) is 6. The van der Waals surface area contributed by atoms with Crippen LogP contribution in [-0.4, -0.2) is 172 Å². The summed E-state index contributed by atoms with van der Waals surface area (Å²) in [5.41, 5.74) is 36.8. The number of phosphoric ester groups is 1. The number of amides is 9. The van der Waals surface area contributed by atoms with Crippen LogP contribution in [0.15, 0.2) is 129 Å². The van der Waals surface area contributed by atoms with E-state index in [-0.39, 0.29) is 135 Å². The molecule has 14 rings (SSSR count). The number of ether oxygens (including phenoxy) is 4. The largest absolute Gasteiger partial charge is 3.00 e. The van der Waals surface area contributed by atoms with E-state index < -0.39 is 173 Å². The van der Waals surface area contributed by atoms with Crippen LogP contribution in [0.1, 0.15) is 219 Å². The van der Waals surface area contributed by atoms with Gasteiger partial charge in [-0.1, -0.05) is 58.7 Å². The fourth-order valence-corrected chi connectivity index (χ4v) is 22.2. The maximum atomic E-state index is 14.7. The van der Waals surface area contributed by atoms with Crippen molar-refractivity contribution >= 4 is 95.3 Å². The van der Waals surface area contributed by atoms with Crippen LogP contribution in [0, 0.1) is 71.0 Å². The number of nitrogens with one attached hydrogen (secondary N) is 3. The number of phenols is 2. The Morgan fingerprint density at radius 1 is 0.721 bits per heavy atom. The molecule has 8 aliphatic rings. The number of hydrogen-bond donors (Lipinski definition) is 12. The van der Waals surface area contributed by atoms with E-state index in [0.717, 1.165) is 11.1 Å². The number of carbonyl (C=O) groups excluding carboxylic acids is 10. The number of alkyl carbamates (subject to hydrolysis) is 1. The van der Waals surface area contributed by atoms with E-state index >= 15 is 0 Å². The van der Waals surface area contributed by atoms with Crippen LogP contribution < -0.4 is 60.0 Å². The Bertz CT molecular complexity index is 6010. The molecule has 0 aliphatic carbocycles. The van der Waals surface area contributed by atoms with Crippen LogP contribution in [0.3, 0.4) is 0 Å². The zero-order valence-corrected chi connectivity index (χ0v) is 79.3. The molecule has 6 aromatic rings. The van der Waals surface area contributed by atoms with Crippen LogP contribution >= 0.6 is 7.82 Å². The van der Waals surface area contributed by atoms with Gasteiger partial charge in [0.2, 0.25) is 41.4 Å². The Labute approximate surface area is 795 Å². The van der Waals surface area contributed by atoms with Crippen molar-refractivity contribution in [3.8, 4) is 23.0 Å². The standard InChI is InChI=1S/C93H117N18O21P.CN.Co/c1-46-32-64-65(33-47(46)2)111(45-103-64)85-79(121)80(68(129-85)44-127-87(124)100-30-14-12-13-15-31-110-43-52(108-109-110)42-102-84(122)51-16-19-55-61(34-51)93(130-86(55)123)57-20-17-53(112)35-66(57)128-67-36-54(113)18-21-58(67)93)132-133(125,126)131-48(3)41-101-76(120)28-29-89(8)62(37-73(97)117)83-92(11)91(10,40-75(99)119)60(24-27-72(96)116)78(107-92)50(5)82-90(9,39-74(98)118)56(22-25-70(94)114)63(104-82)38-69-88(6,7)59(23-26-71(95)115)77(105-69)49(4)81(89)106-83;1-2;/h16-21,32-36,38,43,45,48,56,59-60,62,68,79-80,83,85,121H,12-15,22-31,37,39-42,44H2,1-11H3,(H19,94,95,96,97,98,99,100,101,102,104,105,106,107,112,113,114,115,116,117,118,119,120,122,124,125,126);;/q;-1;+3/p-2/t48-,56-,59-,60-,62+,68-,79-,80-,83-,85+,89-,90+,91+,92+;;/m1../s1. The Kier molecular flexibility index (Phi) is 30.4. The summed E-state index contributed by atoms with van der Waals surface area (Å²) in [6.45, 7) is 24.2. The molecule has 1 spiro atoms. The number of hydrogen-bond acceptors (Lipinski definition) is 28. The molecule has 2 aromatic heterocycles. The molecule has 136 heavy (non-hydrogen) atoms. The van der Waals surface area contributed by atoms with Crippen molar-refractivity contribution in [2.24, 2.45) is 94.7 Å². The molecule has 9 amide bonds. The summed E-state index contributed by atoms with van der Waals surface area (Å²) in [5.74, 6) is -8.72. The topological polar surface area (TPSA) is 643 Å². The molecule has 10 heterocycles. The number of nitrogens with zero attached hydrogens (tertiary/aromatic N) is 10. The van der Waals surface area contributed by atoms with E-state index in [0.29, 0.717) is 111 Å². The van der Waals surface area contributed by atoms with Crippen LogP contribution in [0.2, 0.25) is 0 Å². The number of esters is 1. The zero-order chi connectivity index (χ0) is 98.3. The third-order valence-corrected chi connectivity index (χ3v) is 29.4. The minimum Gasteiger partial charge on any atom is -0.756 e. The van der Waals surface area contributed by atoms with Gasteiger partial charge < -0.3 is 120 Å². The number of aliphatic hydroxyl groups excluding tert-OH is 1. The second-order valence-corrected chi connectivity index (χ2v) is 39.0. The van der Waals surface area contributed by atoms with E-state index in [1.165, 1.54) is 54.2 Å². The Morgan fingerprint density at radius 2 is 1.35 bits per heavy atom. The van der Waals surface area contributed by atoms with Crippen LogP contribution in [0.5, 0.6) is 23.0 Å². The summed E-state index contributed by atoms with van der Waals surface area (Å²) in [7, 11) is -5.54. The zero-order valence-electron chi connectivity index (χ0n) is 77.4. The maximum absolute atomic E-state index is 14.7. The van der Waals surface area contributed by atoms with Crippen molar-refractivity contribution in [1.29, 1.82) is 5.26 Å². The van der Waals surface area contributed by atoms with Crippen molar-refractivity contribution < 1.29 is 117 Å². The molecular weight excluding hydrogens is 1820 g/mol. The second kappa shape index (κ2) is 40.4. The molecule has 8 aliphatic heterocycles. The van der Waals surface area contributed by atoms with Gasteiger partial charge >= 0.3 is 28.8 Å². The van der Waals surface area contributed by atoms with E-state index in [1.807, 2.05) is 66.7 Å². The Morgan fingerprint density at radius 3 is 1.99 bits per heavy atom. The van der Waals surface area contributed by atoms with Gasteiger partial charge in [0, 0.05) is 156 Å². The van der Waals surface area contributed by atoms with Gasteiger partial charge in [0.1, 0.15) is 53.6 Å². The number of fused-ring (bicyclic) bond motifs is 13. The summed E-state index contributed by atoms with van der Waals surface area (Å²) in [6.07, 6.45) is -2.51. The number of phenolic OH excluding ortho intramolecular Hbond substituents is 2. The SMILES string of the molecule is C/C1=C2/[N-][C@H]([C@H](CC(N)=O)[C@@]2(C)CCC(=O)NC[C@@H](C)OP(=O)([O-])O[C@H]2[C@@H](O)[C@@H](n3cnc4cc(C)c(C)cc43)O[C@@H]2COC(=O)NCCCCCCn2cc(CNC(=O)c3ccc4c(c3)C3(OC4=O)c4ccc(O)cc4Oc4cc(O)ccc43)nn2)[C@]2(C)N=C(/C(C)=C3N=C(/C=C4N=C1[C@@H](CCC(N)=O)C\4(C)C)[C@@H](CCC(N)=O)[C@]\3(C)CC(N)=O)[C@@H](CCC(N)=O)[C@]2(C)CC(N)=O.[C-]#N.[Co+3]. The molecule has 1 unspecified atom stereocenters. The minimum absolute atomic E-state index is 0. The van der Waals surface area contributed by atoms with Crippen LogP contribution in [-0.2, 0) is 96.9 Å². The number of imidazole rings is 1. The van der Waals surface area contributed by atoms with Gasteiger partial charge in [0.25, 0.3) is 13.7 Å². The monoisotopic (exact) mass is 1940 g/mol. The van der Waals surface area contributed by atoms with Crippen molar-refractivity contribution in [3.05, 3.63) is 170 Å². The first-order valence-electron chi connectivity index (χ1n) is 44.8. The summed E-state index contributed by atoms with van der Waals surface area (Å²) in [5, 5.41) is 61.6. The number of rotatable bonds is 37. The number of carbonyl (C=O) groups is 10. The van der Waals surface area contributed by atoms with Crippen molar-refractivity contribution in [2.75, 3.05) is 19.7 Å². The van der Waals surface area contributed by atoms with Gasteiger partial charge in [0.05, 0.1) is 53.0 Å². The van der Waals surface area contributed by atoms with E-state index in [4.69, 9.17) is 94.5 Å². The van der Waals surface area contributed by atoms with E-state index in [1.54, 1.807) is 49.8 Å². The number of aromatic nitrogens is 5. The molecule has 8 bridgehead atoms. The summed E-state index contributed by atoms with van der Waals surface area (Å²) in [4.78, 5) is 171. The fourth-order valence-electron chi connectivity index (χ4n) is 21.1. The van der Waals surface area contributed by atoms with Crippen molar-refractivity contribution in [2.45, 2.75) is 233 Å². The number of aliphatic hydroxyl groups is 1. The predicted octanol–water partition coefficient (Wildman–Crippen LogP) is 7.90. The fraction of sp³-hybridized carbons (Fsp3) is 0.500. The normalized spacial score (nSPS) is 27.1. The number of aryl methyl sites for hydroxylation is 3. The van der Waals surface area contributed by atoms with Gasteiger partial charge in [-0.15, -0.1) is 5.10 Å². The van der Waals surface area contributed by atoms with Gasteiger partial charge in [-0.25, -0.2) is 14.6 Å². The van der Waals surface area contributed by atoms with Crippen LogP contribution in [0.25, 0.3) is 16.4 Å². The average molecular weight is 1940 g/mol. The van der Waals surface area contributed by atoms with Crippen molar-refractivity contribution in [1.82, 2.24) is 40.5 Å². The number of unbranched alkanes of at least 4 members (excludes halogenated alkanes) is 3. The molecule has 0 saturated carbocycles. The first-order chi connectivity index (χ1) is 63.7. The first kappa shape index (κ1) is 102. The summed E-state index contributed by atoms with van der Waals surface area (Å²) in [6, 6.07) is 15.9. The number of aromatic hydroxyl groups is 2. The maximum Gasteiger partial charge on any atom is 3.00 e. The summed E-state index contributed by atoms with van der Waals surface area (Å²) >= 11 is 0.